The summed E-state index contributed by atoms with van der Waals surface area (Å²) in [5, 5.41) is 28.8. The molecule has 0 bridgehead atoms. The van der Waals surface area contributed by atoms with Gasteiger partial charge in [-0.1, -0.05) is 55.2 Å². The Labute approximate surface area is 169 Å². The first kappa shape index (κ1) is 25.9. The number of hydrogen-bond acceptors (Lipinski definition) is 5. The van der Waals surface area contributed by atoms with Crippen molar-refractivity contribution in [3.05, 3.63) is 48.6 Å². The largest absolute Gasteiger partial charge is 0.469 e. The van der Waals surface area contributed by atoms with Crippen molar-refractivity contribution in [3.63, 3.8) is 0 Å². The Kier molecular flexibility index (Phi) is 16.9. The Morgan fingerprint density at radius 3 is 2.29 bits per heavy atom. The van der Waals surface area contributed by atoms with E-state index in [1.807, 2.05) is 30.4 Å². The molecule has 0 aromatic heterocycles. The molecule has 0 unspecified atom stereocenters. The van der Waals surface area contributed by atoms with Gasteiger partial charge < -0.3 is 20.1 Å². The van der Waals surface area contributed by atoms with E-state index in [9.17, 15) is 20.1 Å². The topological polar surface area (TPSA) is 87.0 Å². The van der Waals surface area contributed by atoms with E-state index >= 15 is 0 Å². The molecule has 3 atom stereocenters. The molecule has 28 heavy (non-hydrogen) atoms. The highest BCUT2D eigenvalue weighted by atomic mass is 16.5. The van der Waals surface area contributed by atoms with Crippen LogP contribution >= 0.6 is 0 Å². The Morgan fingerprint density at radius 1 is 1.00 bits per heavy atom. The van der Waals surface area contributed by atoms with Gasteiger partial charge in [0, 0.05) is 12.8 Å². The fourth-order valence-electron chi connectivity index (χ4n) is 2.07. The van der Waals surface area contributed by atoms with Crippen LogP contribution in [0.15, 0.2) is 48.6 Å². The van der Waals surface area contributed by atoms with Crippen LogP contribution in [0.25, 0.3) is 0 Å². The van der Waals surface area contributed by atoms with Crippen molar-refractivity contribution in [1.29, 1.82) is 0 Å². The van der Waals surface area contributed by atoms with Gasteiger partial charge in [-0.15, -0.1) is 0 Å². The highest BCUT2D eigenvalue weighted by Crippen LogP contribution is 2.02. The molecule has 5 heteroatoms. The van der Waals surface area contributed by atoms with Crippen LogP contribution in [0.5, 0.6) is 0 Å². The number of aliphatic hydroxyl groups excluding tert-OH is 3. The van der Waals surface area contributed by atoms with Gasteiger partial charge in [-0.25, -0.2) is 0 Å². The van der Waals surface area contributed by atoms with Crippen molar-refractivity contribution in [2.45, 2.75) is 70.2 Å². The molecular weight excluding hydrogens is 356 g/mol. The molecule has 0 spiro atoms. The van der Waals surface area contributed by atoms with Crippen molar-refractivity contribution in [1.82, 2.24) is 0 Å². The SMILES string of the molecule is CC[C@H](O)[C@@H](O)CC#C/C=C/[C@@H](O)C/C=C\C/C=C\C/C=C\CCC(=O)OC. The average molecular weight is 391 g/mol. The minimum absolute atomic E-state index is 0.194. The van der Waals surface area contributed by atoms with Gasteiger partial charge in [-0.05, 0) is 44.3 Å². The van der Waals surface area contributed by atoms with E-state index in [2.05, 4.69) is 22.7 Å². The van der Waals surface area contributed by atoms with Gasteiger partial charge in [0.15, 0.2) is 0 Å². The van der Waals surface area contributed by atoms with Crippen molar-refractivity contribution in [2.75, 3.05) is 7.11 Å². The molecule has 0 aromatic carbocycles. The summed E-state index contributed by atoms with van der Waals surface area (Å²) in [5.74, 6) is 5.31. The number of esters is 1. The van der Waals surface area contributed by atoms with Crippen LogP contribution in [-0.2, 0) is 9.53 Å². The lowest BCUT2D eigenvalue weighted by molar-refractivity contribution is -0.140. The molecule has 0 aliphatic rings. The summed E-state index contributed by atoms with van der Waals surface area (Å²) in [7, 11) is 1.39. The first-order valence-electron chi connectivity index (χ1n) is 9.72. The van der Waals surface area contributed by atoms with Crippen molar-refractivity contribution >= 4 is 5.97 Å². The van der Waals surface area contributed by atoms with Crippen LogP contribution in [0.2, 0.25) is 0 Å². The summed E-state index contributed by atoms with van der Waals surface area (Å²) >= 11 is 0. The number of hydrogen-bond donors (Lipinski definition) is 3. The summed E-state index contributed by atoms with van der Waals surface area (Å²) in [6.07, 6.45) is 16.9. The number of methoxy groups -OCH3 is 1. The minimum atomic E-state index is -0.831. The summed E-state index contributed by atoms with van der Waals surface area (Å²) in [6, 6.07) is 0. The maximum absolute atomic E-state index is 10.9. The molecule has 0 aliphatic carbocycles. The second-order valence-electron chi connectivity index (χ2n) is 6.23. The van der Waals surface area contributed by atoms with Crippen LogP contribution < -0.4 is 0 Å². The predicted octanol–water partition coefficient (Wildman–Crippen LogP) is 3.22. The van der Waals surface area contributed by atoms with E-state index in [4.69, 9.17) is 0 Å². The third-order valence-electron chi connectivity index (χ3n) is 3.84. The lowest BCUT2D eigenvalue weighted by atomic mass is 10.1. The Bertz CT molecular complexity index is 578. The molecule has 0 fully saturated rings. The molecule has 156 valence electrons. The molecule has 3 N–H and O–H groups in total. The molecule has 0 saturated heterocycles. The number of carbonyl (C=O) groups excluding carboxylic acids is 1. The standard InChI is InChI=1S/C23H34O5/c1-3-21(25)22(26)18-14-11-13-17-20(24)16-12-9-7-5-4-6-8-10-15-19-23(27)28-2/h4-5,8-10,12-13,17,20-22,24-26H,3,6-7,15-16,18-19H2,1-2H3/b5-4-,10-8-,12-9-,17-13+/t20-,21-,22-/m0/s1. The van der Waals surface area contributed by atoms with Gasteiger partial charge in [0.1, 0.15) is 0 Å². The van der Waals surface area contributed by atoms with Crippen LogP contribution in [-0.4, -0.2) is 46.7 Å². The van der Waals surface area contributed by atoms with Crippen LogP contribution in [0.3, 0.4) is 0 Å². The summed E-state index contributed by atoms with van der Waals surface area (Å²) in [5.41, 5.74) is 0. The highest BCUT2D eigenvalue weighted by molar-refractivity contribution is 5.69. The Hall–Kier alpha value is -2.13. The van der Waals surface area contributed by atoms with E-state index < -0.39 is 18.3 Å². The van der Waals surface area contributed by atoms with Crippen LogP contribution in [0.1, 0.15) is 51.9 Å². The van der Waals surface area contributed by atoms with Crippen molar-refractivity contribution in [3.8, 4) is 11.8 Å². The molecule has 0 amide bonds. The molecule has 5 nitrogen and oxygen atoms in total. The summed E-state index contributed by atoms with van der Waals surface area (Å²) in [6.45, 7) is 1.80. The highest BCUT2D eigenvalue weighted by Gasteiger charge is 2.11. The lowest BCUT2D eigenvalue weighted by Crippen LogP contribution is -2.24. The molecule has 0 heterocycles. The van der Waals surface area contributed by atoms with Crippen molar-refractivity contribution < 1.29 is 24.9 Å². The second kappa shape index (κ2) is 18.2. The fraction of sp³-hybridized carbons (Fsp3) is 0.522. The number of rotatable bonds is 13. The van der Waals surface area contributed by atoms with Crippen molar-refractivity contribution in [2.24, 2.45) is 0 Å². The maximum atomic E-state index is 10.9. The normalized spacial score (nSPS) is 15.2. The Balaban J connectivity index is 3.84. The zero-order valence-electron chi connectivity index (χ0n) is 17.0. The van der Waals surface area contributed by atoms with E-state index in [1.54, 1.807) is 19.1 Å². The number of carbonyl (C=O) groups is 1. The minimum Gasteiger partial charge on any atom is -0.469 e. The molecular formula is C23H34O5. The zero-order valence-corrected chi connectivity index (χ0v) is 17.0. The predicted molar refractivity (Wildman–Crippen MR) is 112 cm³/mol. The Morgan fingerprint density at radius 2 is 1.64 bits per heavy atom. The molecule has 0 aliphatic heterocycles. The smallest absolute Gasteiger partial charge is 0.305 e. The first-order valence-corrected chi connectivity index (χ1v) is 9.72. The molecule has 0 radical (unpaired) electrons. The van der Waals surface area contributed by atoms with E-state index in [-0.39, 0.29) is 12.4 Å². The van der Waals surface area contributed by atoms with Crippen LogP contribution in [0, 0.1) is 11.8 Å². The molecule has 0 aromatic rings. The quantitative estimate of drug-likeness (QED) is 0.255. The molecule has 0 saturated carbocycles. The van der Waals surface area contributed by atoms with Gasteiger partial charge in [0.05, 0.1) is 25.4 Å². The second-order valence-corrected chi connectivity index (χ2v) is 6.23. The molecule has 0 rings (SSSR count). The van der Waals surface area contributed by atoms with E-state index in [1.165, 1.54) is 7.11 Å². The van der Waals surface area contributed by atoms with Gasteiger partial charge in [-0.2, -0.15) is 0 Å². The lowest BCUT2D eigenvalue weighted by Gasteiger charge is -2.12. The van der Waals surface area contributed by atoms with Gasteiger partial charge >= 0.3 is 5.97 Å². The first-order chi connectivity index (χ1) is 13.5. The third kappa shape index (κ3) is 16.1. The number of ether oxygens (including phenoxy) is 1. The summed E-state index contributed by atoms with van der Waals surface area (Å²) in [4.78, 5) is 10.9. The third-order valence-corrected chi connectivity index (χ3v) is 3.84. The number of aliphatic hydroxyl groups is 3. The van der Waals surface area contributed by atoms with Gasteiger partial charge in [-0.3, -0.25) is 4.79 Å². The van der Waals surface area contributed by atoms with E-state index in [0.717, 1.165) is 12.8 Å². The number of allylic oxidation sites excluding steroid dienone is 6. The van der Waals surface area contributed by atoms with Crippen LogP contribution in [0.4, 0.5) is 0 Å². The zero-order chi connectivity index (χ0) is 21.0. The average Bonchev–Trinajstić information content (AvgIpc) is 2.70. The van der Waals surface area contributed by atoms with E-state index in [0.29, 0.717) is 25.7 Å². The maximum Gasteiger partial charge on any atom is 0.305 e. The van der Waals surface area contributed by atoms with Gasteiger partial charge in [0.25, 0.3) is 0 Å². The van der Waals surface area contributed by atoms with Gasteiger partial charge in [0.2, 0.25) is 0 Å². The fourth-order valence-corrected chi connectivity index (χ4v) is 2.07. The summed E-state index contributed by atoms with van der Waals surface area (Å²) < 4.78 is 4.56. The monoisotopic (exact) mass is 390 g/mol.